The number of fused-ring (bicyclic) bond motifs is 9. The van der Waals surface area contributed by atoms with Crippen LogP contribution in [0.15, 0.2) is 156 Å². The second kappa shape index (κ2) is 10.1. The number of rotatable bonds is 3. The molecule has 0 saturated carbocycles. The van der Waals surface area contributed by atoms with Gasteiger partial charge in [0.25, 0.3) is 0 Å². The molecule has 10 rings (SSSR count). The molecular weight excluding hydrogens is 574 g/mol. The first kappa shape index (κ1) is 25.9. The minimum atomic E-state index is 0.601. The third-order valence-electron chi connectivity index (χ3n) is 9.29. The summed E-state index contributed by atoms with van der Waals surface area (Å²) in [4.78, 5) is 15.4. The molecule has 218 valence electrons. The van der Waals surface area contributed by atoms with Gasteiger partial charge in [-0.25, -0.2) is 15.0 Å². The monoisotopic (exact) mass is 599 g/mol. The molecule has 0 saturated heterocycles. The standard InChI is InChI=1S/C43H25N3O/c1-2-10-29-24-30(19-16-26(29)8-1)41-44-42(31-21-23-35-34-12-5-6-15-38(34)47-39(35)25-31)46-43(45-41)37-14-7-13-36-33(37)22-20-28-18-17-27-9-3-4-11-32(27)40(28)36/h1-25H. The Kier molecular flexibility index (Phi) is 5.54. The zero-order valence-corrected chi connectivity index (χ0v) is 25.2. The van der Waals surface area contributed by atoms with E-state index in [0.717, 1.165) is 49.4 Å². The van der Waals surface area contributed by atoms with Gasteiger partial charge in [0.2, 0.25) is 0 Å². The van der Waals surface area contributed by atoms with Crippen molar-refractivity contribution in [2.24, 2.45) is 0 Å². The van der Waals surface area contributed by atoms with Gasteiger partial charge in [0.15, 0.2) is 17.5 Å². The zero-order valence-electron chi connectivity index (χ0n) is 25.2. The highest BCUT2D eigenvalue weighted by Gasteiger charge is 2.17. The van der Waals surface area contributed by atoms with E-state index >= 15 is 0 Å². The summed E-state index contributed by atoms with van der Waals surface area (Å²) in [6.45, 7) is 0. The number of furan rings is 1. The van der Waals surface area contributed by atoms with Crippen LogP contribution in [-0.2, 0) is 0 Å². The van der Waals surface area contributed by atoms with Crippen LogP contribution in [0.3, 0.4) is 0 Å². The number of nitrogens with zero attached hydrogens (tertiary/aromatic N) is 3. The summed E-state index contributed by atoms with van der Waals surface area (Å²) < 4.78 is 6.26. The van der Waals surface area contributed by atoms with Crippen molar-refractivity contribution in [2.45, 2.75) is 0 Å². The van der Waals surface area contributed by atoms with E-state index in [1.54, 1.807) is 0 Å². The smallest absolute Gasteiger partial charge is 0.164 e. The first-order valence-corrected chi connectivity index (χ1v) is 15.8. The third kappa shape index (κ3) is 4.12. The molecule has 2 heterocycles. The molecule has 0 aliphatic rings. The molecule has 0 spiro atoms. The van der Waals surface area contributed by atoms with Crippen molar-refractivity contribution < 1.29 is 4.42 Å². The van der Waals surface area contributed by atoms with E-state index in [1.165, 1.54) is 32.3 Å². The summed E-state index contributed by atoms with van der Waals surface area (Å²) >= 11 is 0. The van der Waals surface area contributed by atoms with Crippen molar-refractivity contribution in [3.05, 3.63) is 152 Å². The molecule has 0 aliphatic heterocycles. The molecule has 0 unspecified atom stereocenters. The largest absolute Gasteiger partial charge is 0.456 e. The van der Waals surface area contributed by atoms with Crippen molar-refractivity contribution in [1.82, 2.24) is 15.0 Å². The molecule has 0 amide bonds. The zero-order chi connectivity index (χ0) is 30.9. The lowest BCUT2D eigenvalue weighted by atomic mass is 9.94. The van der Waals surface area contributed by atoms with Gasteiger partial charge in [0.05, 0.1) is 0 Å². The molecule has 0 atom stereocenters. The van der Waals surface area contributed by atoms with E-state index in [4.69, 9.17) is 19.4 Å². The van der Waals surface area contributed by atoms with Crippen LogP contribution < -0.4 is 0 Å². The molecule has 0 N–H and O–H groups in total. The van der Waals surface area contributed by atoms with Gasteiger partial charge in [-0.05, 0) is 67.4 Å². The van der Waals surface area contributed by atoms with Gasteiger partial charge in [0.1, 0.15) is 11.2 Å². The van der Waals surface area contributed by atoms with E-state index in [2.05, 4.69) is 127 Å². The highest BCUT2D eigenvalue weighted by molar-refractivity contribution is 6.22. The number of para-hydroxylation sites is 1. The normalized spacial score (nSPS) is 11.8. The van der Waals surface area contributed by atoms with Gasteiger partial charge in [-0.1, -0.05) is 127 Å². The maximum Gasteiger partial charge on any atom is 0.164 e. The van der Waals surface area contributed by atoms with Crippen LogP contribution in [-0.4, -0.2) is 15.0 Å². The summed E-state index contributed by atoms with van der Waals surface area (Å²) in [7, 11) is 0. The predicted octanol–water partition coefficient (Wildman–Crippen LogP) is 11.4. The van der Waals surface area contributed by atoms with Gasteiger partial charge in [-0.2, -0.15) is 0 Å². The van der Waals surface area contributed by atoms with Crippen LogP contribution in [0, 0.1) is 0 Å². The van der Waals surface area contributed by atoms with Gasteiger partial charge >= 0.3 is 0 Å². The molecule has 0 aliphatic carbocycles. The Morgan fingerprint density at radius 3 is 1.83 bits per heavy atom. The fourth-order valence-electron chi connectivity index (χ4n) is 7.01. The SMILES string of the molecule is c1ccc2cc(-c3nc(-c4ccc5c(c4)oc4ccccc45)nc(-c4cccc5c4ccc4ccc6ccccc6c45)n3)ccc2c1. The van der Waals surface area contributed by atoms with Crippen LogP contribution in [0.4, 0.5) is 0 Å². The predicted molar refractivity (Wildman–Crippen MR) is 193 cm³/mol. The molecular formula is C43H25N3O. The van der Waals surface area contributed by atoms with Crippen LogP contribution in [0.5, 0.6) is 0 Å². The van der Waals surface area contributed by atoms with Crippen LogP contribution in [0.1, 0.15) is 0 Å². The molecule has 0 bridgehead atoms. The number of hydrogen-bond acceptors (Lipinski definition) is 4. The topological polar surface area (TPSA) is 51.8 Å². The van der Waals surface area contributed by atoms with E-state index in [9.17, 15) is 0 Å². The molecule has 4 heteroatoms. The Labute approximate surface area is 269 Å². The molecule has 0 fully saturated rings. The Hall–Kier alpha value is -6.39. The van der Waals surface area contributed by atoms with E-state index < -0.39 is 0 Å². The summed E-state index contributed by atoms with van der Waals surface area (Å²) in [5.41, 5.74) is 4.45. The van der Waals surface area contributed by atoms with Crippen LogP contribution in [0.25, 0.3) is 99.2 Å². The first-order chi connectivity index (χ1) is 23.3. The van der Waals surface area contributed by atoms with Gasteiger partial charge in [-0.15, -0.1) is 0 Å². The Morgan fingerprint density at radius 1 is 0.340 bits per heavy atom. The molecule has 10 aromatic rings. The van der Waals surface area contributed by atoms with Crippen molar-refractivity contribution in [3.8, 4) is 34.2 Å². The molecule has 8 aromatic carbocycles. The molecule has 4 nitrogen and oxygen atoms in total. The maximum atomic E-state index is 6.26. The van der Waals surface area contributed by atoms with E-state index in [1.807, 2.05) is 24.3 Å². The molecule has 2 aromatic heterocycles. The number of benzene rings is 8. The second-order valence-corrected chi connectivity index (χ2v) is 12.0. The minimum absolute atomic E-state index is 0.601. The summed E-state index contributed by atoms with van der Waals surface area (Å²) in [6.07, 6.45) is 0. The molecule has 0 radical (unpaired) electrons. The first-order valence-electron chi connectivity index (χ1n) is 15.8. The Bertz CT molecular complexity index is 2870. The molecule has 47 heavy (non-hydrogen) atoms. The minimum Gasteiger partial charge on any atom is -0.456 e. The fourth-order valence-corrected chi connectivity index (χ4v) is 7.01. The van der Waals surface area contributed by atoms with Crippen molar-refractivity contribution in [1.29, 1.82) is 0 Å². The second-order valence-electron chi connectivity index (χ2n) is 12.0. The van der Waals surface area contributed by atoms with Gasteiger partial charge in [-0.3, -0.25) is 0 Å². The lowest BCUT2D eigenvalue weighted by molar-refractivity contribution is 0.669. The lowest BCUT2D eigenvalue weighted by Gasteiger charge is -2.13. The number of aromatic nitrogens is 3. The Balaban J connectivity index is 1.23. The van der Waals surface area contributed by atoms with Crippen molar-refractivity contribution >= 4 is 65.0 Å². The fraction of sp³-hybridized carbons (Fsp3) is 0. The van der Waals surface area contributed by atoms with Crippen molar-refractivity contribution in [3.63, 3.8) is 0 Å². The number of hydrogen-bond donors (Lipinski definition) is 0. The average molecular weight is 600 g/mol. The highest BCUT2D eigenvalue weighted by Crippen LogP contribution is 2.37. The quantitative estimate of drug-likeness (QED) is 0.190. The highest BCUT2D eigenvalue weighted by atomic mass is 16.3. The van der Waals surface area contributed by atoms with Gasteiger partial charge < -0.3 is 4.42 Å². The van der Waals surface area contributed by atoms with E-state index in [-0.39, 0.29) is 0 Å². The van der Waals surface area contributed by atoms with Crippen molar-refractivity contribution in [2.75, 3.05) is 0 Å². The van der Waals surface area contributed by atoms with Crippen LogP contribution in [0.2, 0.25) is 0 Å². The summed E-state index contributed by atoms with van der Waals surface area (Å²) in [5.74, 6) is 1.86. The summed E-state index contributed by atoms with van der Waals surface area (Å²) in [5, 5.41) is 11.7. The summed E-state index contributed by atoms with van der Waals surface area (Å²) in [6, 6.07) is 52.9. The lowest BCUT2D eigenvalue weighted by Crippen LogP contribution is -2.00. The maximum absolute atomic E-state index is 6.26. The van der Waals surface area contributed by atoms with Crippen LogP contribution >= 0.6 is 0 Å². The van der Waals surface area contributed by atoms with E-state index in [0.29, 0.717) is 17.5 Å². The average Bonchev–Trinajstić information content (AvgIpc) is 3.52. The Morgan fingerprint density at radius 2 is 0.936 bits per heavy atom. The third-order valence-corrected chi connectivity index (χ3v) is 9.29. The van der Waals surface area contributed by atoms with Gasteiger partial charge in [0, 0.05) is 27.5 Å².